The fourth-order valence-corrected chi connectivity index (χ4v) is 0.380. The molecule has 9 heavy (non-hydrogen) atoms. The van der Waals surface area contributed by atoms with Gasteiger partial charge in [0.1, 0.15) is 0 Å². The number of esters is 1. The molecule has 0 aromatic carbocycles. The Balaban J connectivity index is 3.16. The SMILES string of the molecule is CCOC(=O)CCN=N. The summed E-state index contributed by atoms with van der Waals surface area (Å²) < 4.78 is 4.56. The van der Waals surface area contributed by atoms with Crippen LogP contribution in [0.2, 0.25) is 0 Å². The lowest BCUT2D eigenvalue weighted by Gasteiger charge is -1.96. The highest BCUT2D eigenvalue weighted by atomic mass is 16.5. The summed E-state index contributed by atoms with van der Waals surface area (Å²) in [5, 5.41) is 3.01. The summed E-state index contributed by atoms with van der Waals surface area (Å²) in [6.07, 6.45) is 0.220. The fourth-order valence-electron chi connectivity index (χ4n) is 0.380. The van der Waals surface area contributed by atoms with Gasteiger partial charge in [-0.15, -0.1) is 0 Å². The highest BCUT2D eigenvalue weighted by molar-refractivity contribution is 5.69. The molecule has 0 aromatic heterocycles. The van der Waals surface area contributed by atoms with Gasteiger partial charge < -0.3 is 4.74 Å². The molecule has 52 valence electrons. The van der Waals surface area contributed by atoms with Crippen molar-refractivity contribution < 1.29 is 9.53 Å². The van der Waals surface area contributed by atoms with E-state index in [0.717, 1.165) is 0 Å². The van der Waals surface area contributed by atoms with Crippen molar-refractivity contribution in [2.24, 2.45) is 5.11 Å². The van der Waals surface area contributed by atoms with Crippen LogP contribution in [0, 0.1) is 5.53 Å². The molecular weight excluding hydrogens is 120 g/mol. The zero-order valence-electron chi connectivity index (χ0n) is 5.39. The Bertz CT molecular complexity index is 103. The molecule has 4 nitrogen and oxygen atoms in total. The molecule has 0 unspecified atom stereocenters. The van der Waals surface area contributed by atoms with Crippen LogP contribution >= 0.6 is 0 Å². The molecule has 0 radical (unpaired) electrons. The second-order valence-electron chi connectivity index (χ2n) is 1.44. The molecule has 0 aromatic rings. The molecule has 0 saturated heterocycles. The Morgan fingerprint density at radius 2 is 2.44 bits per heavy atom. The summed E-state index contributed by atoms with van der Waals surface area (Å²) in [6, 6.07) is 0. The van der Waals surface area contributed by atoms with Gasteiger partial charge in [-0.05, 0) is 6.92 Å². The molecule has 0 atom stereocenters. The molecule has 0 bridgehead atoms. The Labute approximate surface area is 53.7 Å². The van der Waals surface area contributed by atoms with Crippen LogP contribution in [0.1, 0.15) is 13.3 Å². The third-order valence-corrected chi connectivity index (χ3v) is 0.733. The lowest BCUT2D eigenvalue weighted by Crippen LogP contribution is -2.04. The van der Waals surface area contributed by atoms with Gasteiger partial charge in [-0.3, -0.25) is 4.79 Å². The topological polar surface area (TPSA) is 62.5 Å². The number of hydrogen-bond donors (Lipinski definition) is 1. The molecule has 0 heterocycles. The average Bonchev–Trinajstić information content (AvgIpc) is 1.85. The third kappa shape index (κ3) is 4.93. The van der Waals surface area contributed by atoms with Gasteiger partial charge in [-0.1, -0.05) is 0 Å². The number of nitrogens with one attached hydrogen (secondary N) is 1. The molecule has 0 saturated carbocycles. The van der Waals surface area contributed by atoms with Gasteiger partial charge in [0.05, 0.1) is 19.6 Å². The third-order valence-electron chi connectivity index (χ3n) is 0.733. The first-order chi connectivity index (χ1) is 4.31. The van der Waals surface area contributed by atoms with E-state index in [0.29, 0.717) is 6.61 Å². The second-order valence-corrected chi connectivity index (χ2v) is 1.44. The van der Waals surface area contributed by atoms with Crippen LogP contribution in [0.3, 0.4) is 0 Å². The maximum absolute atomic E-state index is 10.4. The smallest absolute Gasteiger partial charge is 0.307 e. The lowest BCUT2D eigenvalue weighted by molar-refractivity contribution is -0.142. The lowest BCUT2D eigenvalue weighted by atomic mass is 10.4. The van der Waals surface area contributed by atoms with Crippen molar-refractivity contribution in [2.75, 3.05) is 13.2 Å². The minimum Gasteiger partial charge on any atom is -0.466 e. The van der Waals surface area contributed by atoms with Crippen molar-refractivity contribution in [3.63, 3.8) is 0 Å². The highest BCUT2D eigenvalue weighted by Crippen LogP contribution is 1.85. The summed E-state index contributed by atoms with van der Waals surface area (Å²) in [4.78, 5) is 10.4. The van der Waals surface area contributed by atoms with E-state index < -0.39 is 0 Å². The molecule has 0 amide bonds. The molecular formula is C5H10N2O2. The van der Waals surface area contributed by atoms with Crippen LogP contribution in [-0.4, -0.2) is 19.1 Å². The fraction of sp³-hybridized carbons (Fsp3) is 0.800. The number of hydrogen-bond acceptors (Lipinski definition) is 4. The quantitative estimate of drug-likeness (QED) is 0.455. The van der Waals surface area contributed by atoms with Crippen LogP contribution in [0.4, 0.5) is 0 Å². The van der Waals surface area contributed by atoms with Crippen LogP contribution in [0.25, 0.3) is 0 Å². The zero-order valence-corrected chi connectivity index (χ0v) is 5.39. The number of carbonyl (C=O) groups is 1. The van der Waals surface area contributed by atoms with E-state index in [-0.39, 0.29) is 18.9 Å². The van der Waals surface area contributed by atoms with Crippen molar-refractivity contribution in [2.45, 2.75) is 13.3 Å². The summed E-state index contributed by atoms with van der Waals surface area (Å²) in [7, 11) is 0. The molecule has 0 spiro atoms. The first kappa shape index (κ1) is 8.07. The maximum Gasteiger partial charge on any atom is 0.307 e. The number of rotatable bonds is 4. The maximum atomic E-state index is 10.4. The van der Waals surface area contributed by atoms with Crippen molar-refractivity contribution in [1.29, 1.82) is 5.53 Å². The predicted molar refractivity (Wildman–Crippen MR) is 31.3 cm³/mol. The molecule has 0 aliphatic carbocycles. The normalized spacial score (nSPS) is 8.56. The monoisotopic (exact) mass is 130 g/mol. The van der Waals surface area contributed by atoms with Crippen LogP contribution in [0.15, 0.2) is 5.11 Å². The van der Waals surface area contributed by atoms with E-state index in [1.807, 2.05) is 0 Å². The molecule has 0 fully saturated rings. The number of nitrogens with zero attached hydrogens (tertiary/aromatic N) is 1. The highest BCUT2D eigenvalue weighted by Gasteiger charge is 1.97. The number of ether oxygens (including phenoxy) is 1. The Morgan fingerprint density at radius 3 is 2.89 bits per heavy atom. The Hall–Kier alpha value is -0.930. The largest absolute Gasteiger partial charge is 0.466 e. The Morgan fingerprint density at radius 1 is 1.78 bits per heavy atom. The zero-order chi connectivity index (χ0) is 7.11. The van der Waals surface area contributed by atoms with Gasteiger partial charge >= 0.3 is 5.97 Å². The van der Waals surface area contributed by atoms with E-state index >= 15 is 0 Å². The summed E-state index contributed by atoms with van der Waals surface area (Å²) >= 11 is 0. The standard InChI is InChI=1S/C5H10N2O2/c1-2-9-5(8)3-4-7-6/h6H,2-4H2,1H3. The van der Waals surface area contributed by atoms with Gasteiger partial charge in [-0.2, -0.15) is 5.11 Å². The summed E-state index contributed by atoms with van der Waals surface area (Å²) in [5.74, 6) is -0.284. The molecule has 0 rings (SSSR count). The van der Waals surface area contributed by atoms with Gasteiger partial charge in [-0.25, -0.2) is 5.53 Å². The van der Waals surface area contributed by atoms with Crippen LogP contribution in [-0.2, 0) is 9.53 Å². The number of carbonyl (C=O) groups excluding carboxylic acids is 1. The molecule has 4 heteroatoms. The van der Waals surface area contributed by atoms with E-state index in [1.165, 1.54) is 0 Å². The molecule has 0 aliphatic rings. The second kappa shape index (κ2) is 5.21. The first-order valence-electron chi connectivity index (χ1n) is 2.80. The van der Waals surface area contributed by atoms with Gasteiger partial charge in [0, 0.05) is 0 Å². The van der Waals surface area contributed by atoms with Crippen LogP contribution < -0.4 is 0 Å². The van der Waals surface area contributed by atoms with E-state index in [4.69, 9.17) is 5.53 Å². The minimum atomic E-state index is -0.284. The van der Waals surface area contributed by atoms with E-state index in [2.05, 4.69) is 9.85 Å². The van der Waals surface area contributed by atoms with Crippen LogP contribution in [0.5, 0.6) is 0 Å². The Kier molecular flexibility index (Phi) is 4.67. The first-order valence-corrected chi connectivity index (χ1v) is 2.80. The minimum absolute atomic E-state index is 0.220. The summed E-state index contributed by atoms with van der Waals surface area (Å²) in [5.41, 5.74) is 6.35. The molecule has 1 N–H and O–H groups in total. The van der Waals surface area contributed by atoms with Crippen molar-refractivity contribution in [3.05, 3.63) is 0 Å². The van der Waals surface area contributed by atoms with Crippen molar-refractivity contribution in [1.82, 2.24) is 0 Å². The van der Waals surface area contributed by atoms with Crippen molar-refractivity contribution >= 4 is 5.97 Å². The van der Waals surface area contributed by atoms with Gasteiger partial charge in [0.2, 0.25) is 0 Å². The predicted octanol–water partition coefficient (Wildman–Crippen LogP) is 0.971. The van der Waals surface area contributed by atoms with Gasteiger partial charge in [0.25, 0.3) is 0 Å². The molecule has 0 aliphatic heterocycles. The van der Waals surface area contributed by atoms with Gasteiger partial charge in [0.15, 0.2) is 0 Å². The van der Waals surface area contributed by atoms with Crippen molar-refractivity contribution in [3.8, 4) is 0 Å². The van der Waals surface area contributed by atoms with E-state index in [9.17, 15) is 4.79 Å². The van der Waals surface area contributed by atoms with E-state index in [1.54, 1.807) is 6.92 Å². The summed E-state index contributed by atoms with van der Waals surface area (Å²) in [6.45, 7) is 2.38. The average molecular weight is 130 g/mol.